The van der Waals surface area contributed by atoms with Gasteiger partial charge < -0.3 is 10.3 Å². The third-order valence-electron chi connectivity index (χ3n) is 5.21. The van der Waals surface area contributed by atoms with E-state index >= 15 is 0 Å². The molecule has 1 aliphatic rings. The number of nitrogens with one attached hydrogen (secondary N) is 2. The molecule has 0 aromatic carbocycles. The molecule has 3 aromatic heterocycles. The zero-order valence-electron chi connectivity index (χ0n) is 15.7. The average molecular weight is 391 g/mol. The molecule has 1 fully saturated rings. The zero-order valence-corrected chi connectivity index (χ0v) is 15.7. The molecule has 0 unspecified atom stereocenters. The fourth-order valence-corrected chi connectivity index (χ4v) is 3.64. The summed E-state index contributed by atoms with van der Waals surface area (Å²) < 4.78 is 1.56. The molecule has 1 aliphatic carbocycles. The summed E-state index contributed by atoms with van der Waals surface area (Å²) in [6.07, 6.45) is 7.84. The SMILES string of the molecule is O=C(NC1CCC(n2nc(-c3cccnc3)ccc2=O)CC1)c1ccc(=O)[nH]c1. The minimum absolute atomic E-state index is 0.000327. The molecule has 0 spiro atoms. The molecule has 3 heterocycles. The Morgan fingerprint density at radius 1 is 1.07 bits per heavy atom. The van der Waals surface area contributed by atoms with E-state index in [-0.39, 0.29) is 29.1 Å². The van der Waals surface area contributed by atoms with E-state index in [1.807, 2.05) is 12.1 Å². The van der Waals surface area contributed by atoms with E-state index in [0.717, 1.165) is 31.2 Å². The number of carbonyl (C=O) groups is 1. The number of H-pyrrole nitrogens is 1. The minimum atomic E-state index is -0.242. The Kier molecular flexibility index (Phi) is 5.33. The Bertz CT molecular complexity index is 1090. The first-order valence-electron chi connectivity index (χ1n) is 9.60. The van der Waals surface area contributed by atoms with E-state index in [0.29, 0.717) is 11.3 Å². The molecule has 1 amide bonds. The molecule has 8 heteroatoms. The van der Waals surface area contributed by atoms with Crippen molar-refractivity contribution >= 4 is 5.91 Å². The van der Waals surface area contributed by atoms with Gasteiger partial charge in [-0.05, 0) is 49.9 Å². The van der Waals surface area contributed by atoms with E-state index in [1.165, 1.54) is 18.3 Å². The largest absolute Gasteiger partial charge is 0.349 e. The normalized spacial score (nSPS) is 18.9. The molecule has 0 aliphatic heterocycles. The second kappa shape index (κ2) is 8.22. The van der Waals surface area contributed by atoms with Crippen molar-refractivity contribution in [2.45, 2.75) is 37.8 Å². The lowest BCUT2D eigenvalue weighted by Gasteiger charge is -2.29. The van der Waals surface area contributed by atoms with Crippen molar-refractivity contribution in [1.29, 1.82) is 0 Å². The Morgan fingerprint density at radius 2 is 1.90 bits per heavy atom. The first kappa shape index (κ1) is 18.8. The van der Waals surface area contributed by atoms with Crippen molar-refractivity contribution in [2.75, 3.05) is 0 Å². The maximum Gasteiger partial charge on any atom is 0.267 e. The van der Waals surface area contributed by atoms with Gasteiger partial charge >= 0.3 is 0 Å². The summed E-state index contributed by atoms with van der Waals surface area (Å²) in [5.74, 6) is -0.210. The maximum atomic E-state index is 12.4. The first-order valence-corrected chi connectivity index (χ1v) is 9.60. The molecule has 0 atom stereocenters. The predicted octanol–water partition coefficient (Wildman–Crippen LogP) is 1.91. The van der Waals surface area contributed by atoms with Crippen LogP contribution in [0.3, 0.4) is 0 Å². The Balaban J connectivity index is 1.42. The van der Waals surface area contributed by atoms with Gasteiger partial charge in [0.1, 0.15) is 0 Å². The number of nitrogens with zero attached hydrogens (tertiary/aromatic N) is 3. The van der Waals surface area contributed by atoms with Gasteiger partial charge in [-0.3, -0.25) is 19.4 Å². The number of rotatable bonds is 4. The summed E-state index contributed by atoms with van der Waals surface area (Å²) in [4.78, 5) is 42.4. The lowest BCUT2D eigenvalue weighted by atomic mass is 9.91. The quantitative estimate of drug-likeness (QED) is 0.706. The predicted molar refractivity (Wildman–Crippen MR) is 108 cm³/mol. The van der Waals surface area contributed by atoms with E-state index < -0.39 is 0 Å². The third kappa shape index (κ3) is 4.31. The van der Waals surface area contributed by atoms with Crippen molar-refractivity contribution in [3.8, 4) is 11.3 Å². The van der Waals surface area contributed by atoms with Crippen LogP contribution in [0.2, 0.25) is 0 Å². The molecule has 0 saturated heterocycles. The molecule has 29 heavy (non-hydrogen) atoms. The topological polar surface area (TPSA) is 110 Å². The van der Waals surface area contributed by atoms with Gasteiger partial charge in [0.15, 0.2) is 0 Å². The van der Waals surface area contributed by atoms with Crippen molar-refractivity contribution in [1.82, 2.24) is 25.1 Å². The minimum Gasteiger partial charge on any atom is -0.349 e. The highest BCUT2D eigenvalue weighted by atomic mass is 16.2. The number of aromatic nitrogens is 4. The third-order valence-corrected chi connectivity index (χ3v) is 5.21. The van der Waals surface area contributed by atoms with Gasteiger partial charge in [-0.1, -0.05) is 0 Å². The van der Waals surface area contributed by atoms with Gasteiger partial charge in [0, 0.05) is 42.3 Å². The Morgan fingerprint density at radius 3 is 2.59 bits per heavy atom. The van der Waals surface area contributed by atoms with Gasteiger partial charge in [-0.15, -0.1) is 0 Å². The van der Waals surface area contributed by atoms with E-state index in [2.05, 4.69) is 20.4 Å². The highest BCUT2D eigenvalue weighted by Gasteiger charge is 2.25. The number of hydrogen-bond donors (Lipinski definition) is 2. The van der Waals surface area contributed by atoms with Crippen LogP contribution in [0.1, 0.15) is 42.1 Å². The number of aromatic amines is 1. The number of amides is 1. The van der Waals surface area contributed by atoms with E-state index in [9.17, 15) is 14.4 Å². The summed E-state index contributed by atoms with van der Waals surface area (Å²) in [6, 6.07) is 9.87. The summed E-state index contributed by atoms with van der Waals surface area (Å²) in [7, 11) is 0. The smallest absolute Gasteiger partial charge is 0.267 e. The first-order chi connectivity index (χ1) is 14.1. The molecule has 3 aromatic rings. The highest BCUT2D eigenvalue weighted by molar-refractivity contribution is 5.94. The summed E-state index contributed by atoms with van der Waals surface area (Å²) in [6.45, 7) is 0. The molecule has 2 N–H and O–H groups in total. The fourth-order valence-electron chi connectivity index (χ4n) is 3.64. The average Bonchev–Trinajstić information content (AvgIpc) is 2.76. The number of hydrogen-bond acceptors (Lipinski definition) is 5. The van der Waals surface area contributed by atoms with Crippen LogP contribution >= 0.6 is 0 Å². The molecule has 0 bridgehead atoms. The standard InChI is InChI=1S/C21H21N5O3/c27-19-9-3-15(13-23-19)21(29)24-16-4-6-17(7-5-16)26-20(28)10-8-18(25-26)14-2-1-11-22-12-14/h1-3,8-13,16-17H,4-7H2,(H,23,27)(H,24,29). The van der Waals surface area contributed by atoms with Crippen LogP contribution in [0.25, 0.3) is 11.3 Å². The maximum absolute atomic E-state index is 12.4. The van der Waals surface area contributed by atoms with Gasteiger partial charge in [-0.2, -0.15) is 5.10 Å². The van der Waals surface area contributed by atoms with E-state index in [4.69, 9.17) is 0 Å². The van der Waals surface area contributed by atoms with Gasteiger partial charge in [0.2, 0.25) is 5.56 Å². The second-order valence-electron chi connectivity index (χ2n) is 7.16. The van der Waals surface area contributed by atoms with Gasteiger partial charge in [0.05, 0.1) is 17.3 Å². The molecular formula is C21H21N5O3. The van der Waals surface area contributed by atoms with Crippen LogP contribution in [0, 0.1) is 0 Å². The van der Waals surface area contributed by atoms with Crippen molar-refractivity contribution < 1.29 is 4.79 Å². The van der Waals surface area contributed by atoms with Crippen LogP contribution in [-0.2, 0) is 0 Å². The highest BCUT2D eigenvalue weighted by Crippen LogP contribution is 2.27. The zero-order chi connectivity index (χ0) is 20.2. The fraction of sp³-hybridized carbons (Fsp3) is 0.286. The van der Waals surface area contributed by atoms with Crippen molar-refractivity contribution in [3.05, 3.63) is 81.3 Å². The van der Waals surface area contributed by atoms with E-state index in [1.54, 1.807) is 29.2 Å². The molecule has 0 radical (unpaired) electrons. The van der Waals surface area contributed by atoms with Crippen LogP contribution < -0.4 is 16.4 Å². The number of carbonyl (C=O) groups excluding carboxylic acids is 1. The molecule has 148 valence electrons. The lowest BCUT2D eigenvalue weighted by Crippen LogP contribution is -2.39. The molecule has 1 saturated carbocycles. The Hall–Kier alpha value is -3.55. The molecule has 8 nitrogen and oxygen atoms in total. The van der Waals surface area contributed by atoms with Crippen LogP contribution in [0.5, 0.6) is 0 Å². The summed E-state index contributed by atoms with van der Waals surface area (Å²) >= 11 is 0. The van der Waals surface area contributed by atoms with Crippen molar-refractivity contribution in [3.63, 3.8) is 0 Å². The second-order valence-corrected chi connectivity index (χ2v) is 7.16. The monoisotopic (exact) mass is 391 g/mol. The number of pyridine rings is 2. The summed E-state index contributed by atoms with van der Waals surface area (Å²) in [5, 5.41) is 7.55. The van der Waals surface area contributed by atoms with Crippen LogP contribution in [-0.4, -0.2) is 31.7 Å². The van der Waals surface area contributed by atoms with Crippen molar-refractivity contribution in [2.24, 2.45) is 0 Å². The summed E-state index contributed by atoms with van der Waals surface area (Å²) in [5.41, 5.74) is 1.63. The lowest BCUT2D eigenvalue weighted by molar-refractivity contribution is 0.0921. The molecular weight excluding hydrogens is 370 g/mol. The molecule has 4 rings (SSSR count). The van der Waals surface area contributed by atoms with Gasteiger partial charge in [-0.25, -0.2) is 4.68 Å². The Labute approximate surface area is 166 Å². The van der Waals surface area contributed by atoms with Crippen LogP contribution in [0.4, 0.5) is 0 Å². The van der Waals surface area contributed by atoms with Crippen LogP contribution in [0.15, 0.2) is 64.6 Å². The van der Waals surface area contributed by atoms with Gasteiger partial charge in [0.25, 0.3) is 11.5 Å².